The van der Waals surface area contributed by atoms with E-state index in [0.717, 1.165) is 29.2 Å². The number of hydrogen-bond donors (Lipinski definition) is 0. The van der Waals surface area contributed by atoms with Gasteiger partial charge >= 0.3 is 0 Å². The van der Waals surface area contributed by atoms with Crippen LogP contribution in [0.2, 0.25) is 0 Å². The lowest BCUT2D eigenvalue weighted by Crippen LogP contribution is -2.18. The van der Waals surface area contributed by atoms with E-state index in [0.29, 0.717) is 0 Å². The van der Waals surface area contributed by atoms with Crippen LogP contribution in [0, 0.1) is 28.6 Å². The second kappa shape index (κ2) is 4.17. The number of aryl methyl sites for hydroxylation is 1. The molecule has 0 saturated heterocycles. The molecule has 0 bridgehead atoms. The van der Waals surface area contributed by atoms with Crippen LogP contribution in [0.15, 0.2) is 36.4 Å². The summed E-state index contributed by atoms with van der Waals surface area (Å²) in [6.45, 7) is 0. The largest absolute Gasteiger partial charge is 0.198 e. The van der Waals surface area contributed by atoms with E-state index >= 15 is 0 Å². The number of nitriles is 2. The Balaban J connectivity index is 2.32. The van der Waals surface area contributed by atoms with Crippen LogP contribution in [0.25, 0.3) is 10.8 Å². The molecule has 2 heteroatoms. The first-order valence-corrected chi connectivity index (χ1v) is 6.15. The Morgan fingerprint density at radius 1 is 1.00 bits per heavy atom. The smallest absolute Gasteiger partial charge is 0.0879 e. The van der Waals surface area contributed by atoms with E-state index in [1.165, 1.54) is 5.56 Å². The van der Waals surface area contributed by atoms with Gasteiger partial charge in [-0.25, -0.2) is 0 Å². The van der Waals surface area contributed by atoms with E-state index in [-0.39, 0.29) is 11.8 Å². The van der Waals surface area contributed by atoms with Crippen molar-refractivity contribution in [3.8, 4) is 12.1 Å². The van der Waals surface area contributed by atoms with Gasteiger partial charge < -0.3 is 0 Å². The maximum absolute atomic E-state index is 9.40. The Morgan fingerprint density at radius 2 is 1.83 bits per heavy atom. The van der Waals surface area contributed by atoms with Crippen molar-refractivity contribution in [1.82, 2.24) is 0 Å². The van der Waals surface area contributed by atoms with E-state index in [2.05, 4.69) is 36.4 Å². The molecule has 86 valence electrons. The average Bonchev–Trinajstić information content (AvgIpc) is 2.45. The zero-order valence-electron chi connectivity index (χ0n) is 9.93. The molecule has 1 aliphatic rings. The third-order valence-corrected chi connectivity index (χ3v) is 3.80. The van der Waals surface area contributed by atoms with Gasteiger partial charge in [0.1, 0.15) is 0 Å². The van der Waals surface area contributed by atoms with Gasteiger partial charge in [0.05, 0.1) is 24.0 Å². The molecule has 2 unspecified atom stereocenters. The van der Waals surface area contributed by atoms with E-state index in [9.17, 15) is 10.5 Å². The summed E-state index contributed by atoms with van der Waals surface area (Å²) in [4.78, 5) is 0. The normalized spacial score (nSPS) is 21.9. The Hall–Kier alpha value is -2.32. The van der Waals surface area contributed by atoms with E-state index in [4.69, 9.17) is 0 Å². The van der Waals surface area contributed by atoms with Crippen molar-refractivity contribution in [2.45, 2.75) is 18.8 Å². The second-order valence-electron chi connectivity index (χ2n) is 4.74. The van der Waals surface area contributed by atoms with Crippen LogP contribution >= 0.6 is 0 Å². The third-order valence-electron chi connectivity index (χ3n) is 3.80. The van der Waals surface area contributed by atoms with Crippen molar-refractivity contribution in [3.05, 3.63) is 47.5 Å². The number of fused-ring (bicyclic) bond motifs is 3. The number of nitrogens with zero attached hydrogens (tertiary/aromatic N) is 2. The highest BCUT2D eigenvalue weighted by Gasteiger charge is 2.30. The molecule has 0 saturated carbocycles. The molecule has 0 aliphatic heterocycles. The Labute approximate surface area is 106 Å². The summed E-state index contributed by atoms with van der Waals surface area (Å²) >= 11 is 0. The zero-order valence-corrected chi connectivity index (χ0v) is 9.93. The lowest BCUT2D eigenvalue weighted by Gasteiger charge is -2.26. The molecule has 0 N–H and O–H groups in total. The highest BCUT2D eigenvalue weighted by molar-refractivity contribution is 5.88. The van der Waals surface area contributed by atoms with Crippen LogP contribution in [-0.4, -0.2) is 0 Å². The Morgan fingerprint density at radius 3 is 2.61 bits per heavy atom. The van der Waals surface area contributed by atoms with Crippen LogP contribution in [0.3, 0.4) is 0 Å². The number of hydrogen-bond acceptors (Lipinski definition) is 2. The molecule has 0 amide bonds. The lowest BCUT2D eigenvalue weighted by atomic mass is 9.74. The minimum Gasteiger partial charge on any atom is -0.198 e. The van der Waals surface area contributed by atoms with Crippen molar-refractivity contribution in [1.29, 1.82) is 10.5 Å². The first-order valence-electron chi connectivity index (χ1n) is 6.15. The minimum absolute atomic E-state index is 0.173. The van der Waals surface area contributed by atoms with Gasteiger partial charge in [-0.1, -0.05) is 36.4 Å². The summed E-state index contributed by atoms with van der Waals surface area (Å²) in [5, 5.41) is 20.9. The first-order chi connectivity index (χ1) is 8.85. The summed E-state index contributed by atoms with van der Waals surface area (Å²) < 4.78 is 0. The highest BCUT2D eigenvalue weighted by atomic mass is 14.4. The van der Waals surface area contributed by atoms with Gasteiger partial charge in [-0.15, -0.1) is 0 Å². The second-order valence-corrected chi connectivity index (χ2v) is 4.74. The summed E-state index contributed by atoms with van der Waals surface area (Å²) in [5.74, 6) is -0.460. The van der Waals surface area contributed by atoms with Gasteiger partial charge in [0.15, 0.2) is 0 Å². The fourth-order valence-electron chi connectivity index (χ4n) is 2.90. The van der Waals surface area contributed by atoms with Crippen LogP contribution in [0.5, 0.6) is 0 Å². The summed E-state index contributed by atoms with van der Waals surface area (Å²) in [5.41, 5.74) is 2.31. The summed E-state index contributed by atoms with van der Waals surface area (Å²) in [6.07, 6.45) is 1.69. The maximum atomic E-state index is 9.40. The standard InChI is InChI=1S/C16H12N2/c17-9-13-8-7-12-6-5-11-3-1-2-4-14(11)16(12)15(13)10-18/h1-6,13,15H,7-8H2. The van der Waals surface area contributed by atoms with E-state index in [1.807, 2.05) is 12.1 Å². The first kappa shape index (κ1) is 10.8. The summed E-state index contributed by atoms with van der Waals surface area (Å²) in [6, 6.07) is 16.9. The molecule has 2 nitrogen and oxygen atoms in total. The zero-order chi connectivity index (χ0) is 12.5. The average molecular weight is 232 g/mol. The highest BCUT2D eigenvalue weighted by Crippen LogP contribution is 2.39. The minimum atomic E-state index is -0.287. The van der Waals surface area contributed by atoms with Crippen LogP contribution in [0.4, 0.5) is 0 Å². The van der Waals surface area contributed by atoms with E-state index < -0.39 is 0 Å². The molecule has 18 heavy (non-hydrogen) atoms. The van der Waals surface area contributed by atoms with Gasteiger partial charge in [0.25, 0.3) is 0 Å². The molecule has 0 heterocycles. The topological polar surface area (TPSA) is 47.6 Å². The Bertz CT molecular complexity index is 688. The third kappa shape index (κ3) is 1.47. The molecule has 0 aromatic heterocycles. The summed E-state index contributed by atoms with van der Waals surface area (Å²) in [7, 11) is 0. The molecule has 0 spiro atoms. The number of benzene rings is 2. The van der Waals surface area contributed by atoms with Crippen LogP contribution < -0.4 is 0 Å². The maximum Gasteiger partial charge on any atom is 0.0879 e. The van der Waals surface area contributed by atoms with Crippen molar-refractivity contribution in [2.75, 3.05) is 0 Å². The van der Waals surface area contributed by atoms with Crippen LogP contribution in [0.1, 0.15) is 23.5 Å². The molecule has 2 aromatic rings. The van der Waals surface area contributed by atoms with Gasteiger partial charge in [0, 0.05) is 0 Å². The predicted molar refractivity (Wildman–Crippen MR) is 69.7 cm³/mol. The molecule has 0 radical (unpaired) electrons. The van der Waals surface area contributed by atoms with Crippen LogP contribution in [-0.2, 0) is 6.42 Å². The lowest BCUT2D eigenvalue weighted by molar-refractivity contribution is 0.524. The van der Waals surface area contributed by atoms with Crippen molar-refractivity contribution >= 4 is 10.8 Å². The van der Waals surface area contributed by atoms with Gasteiger partial charge in [0.2, 0.25) is 0 Å². The molecular weight excluding hydrogens is 220 g/mol. The molecular formula is C16H12N2. The van der Waals surface area contributed by atoms with Gasteiger partial charge in [-0.05, 0) is 34.7 Å². The quantitative estimate of drug-likeness (QED) is 0.697. The van der Waals surface area contributed by atoms with Gasteiger partial charge in [-0.2, -0.15) is 10.5 Å². The van der Waals surface area contributed by atoms with Crippen molar-refractivity contribution < 1.29 is 0 Å². The molecule has 2 aromatic carbocycles. The fourth-order valence-corrected chi connectivity index (χ4v) is 2.90. The monoisotopic (exact) mass is 232 g/mol. The fraction of sp³-hybridized carbons (Fsp3) is 0.250. The molecule has 2 atom stereocenters. The molecule has 0 fully saturated rings. The molecule has 3 rings (SSSR count). The molecule has 1 aliphatic carbocycles. The van der Waals surface area contributed by atoms with E-state index in [1.54, 1.807) is 0 Å². The van der Waals surface area contributed by atoms with Crippen molar-refractivity contribution in [2.24, 2.45) is 5.92 Å². The predicted octanol–water partition coefficient (Wildman–Crippen LogP) is 3.53. The number of rotatable bonds is 0. The SMILES string of the molecule is N#CC1CCc2ccc3ccccc3c2C1C#N. The van der Waals surface area contributed by atoms with Gasteiger partial charge in [-0.3, -0.25) is 0 Å². The Kier molecular flexibility index (Phi) is 2.50. The van der Waals surface area contributed by atoms with Crippen molar-refractivity contribution in [3.63, 3.8) is 0 Å².